The summed E-state index contributed by atoms with van der Waals surface area (Å²) in [5.74, 6) is 0. The van der Waals surface area contributed by atoms with Crippen molar-refractivity contribution in [3.63, 3.8) is 0 Å². The Bertz CT molecular complexity index is 588. The maximum atomic E-state index is 4.11. The van der Waals surface area contributed by atoms with Crippen molar-refractivity contribution in [1.29, 1.82) is 0 Å². The monoisotopic (exact) mass is 345 g/mol. The molecule has 1 aliphatic heterocycles. The molecule has 0 saturated carbocycles. The Kier molecular flexibility index (Phi) is 4.56. The van der Waals surface area contributed by atoms with Crippen LogP contribution in [0.2, 0.25) is 0 Å². The lowest BCUT2D eigenvalue weighted by atomic mass is 10.2. The first-order valence-electron chi connectivity index (χ1n) is 7.36. The summed E-state index contributed by atoms with van der Waals surface area (Å²) in [7, 11) is 0. The molecule has 2 aromatic rings. The predicted octanol–water partition coefficient (Wildman–Crippen LogP) is 3.92. The van der Waals surface area contributed by atoms with Gasteiger partial charge in [-0.25, -0.2) is 0 Å². The lowest BCUT2D eigenvalue weighted by molar-refractivity contribution is 0.259. The van der Waals surface area contributed by atoms with Crippen LogP contribution in [0.3, 0.4) is 0 Å². The minimum atomic E-state index is 0.488. The van der Waals surface area contributed by atoms with Crippen molar-refractivity contribution < 1.29 is 0 Å². The number of likely N-dealkylation sites (tertiary alicyclic amines) is 1. The van der Waals surface area contributed by atoms with Gasteiger partial charge in [0.15, 0.2) is 0 Å². The maximum absolute atomic E-state index is 4.11. The third-order valence-electron chi connectivity index (χ3n) is 4.06. The molecule has 1 aromatic carbocycles. The molecule has 2 unspecified atom stereocenters. The number of hydrogen-bond donors (Lipinski definition) is 1. The lowest BCUT2D eigenvalue weighted by Crippen LogP contribution is -2.28. The summed E-state index contributed by atoms with van der Waals surface area (Å²) in [4.78, 5) is 6.65. The largest absolute Gasteiger partial charge is 0.380 e. The molecular formula is C17H20BrN3. The molecule has 4 heteroatoms. The Morgan fingerprint density at radius 1 is 1.29 bits per heavy atom. The van der Waals surface area contributed by atoms with Gasteiger partial charge in [0, 0.05) is 37.6 Å². The number of nitrogens with one attached hydrogen (secondary N) is 1. The van der Waals surface area contributed by atoms with E-state index in [4.69, 9.17) is 0 Å². The summed E-state index contributed by atoms with van der Waals surface area (Å²) < 4.78 is 1.03. The molecule has 1 aromatic heterocycles. The van der Waals surface area contributed by atoms with Crippen LogP contribution in [-0.2, 0) is 6.54 Å². The number of halogens is 1. The van der Waals surface area contributed by atoms with E-state index in [1.165, 1.54) is 12.0 Å². The number of benzene rings is 1. The van der Waals surface area contributed by atoms with Gasteiger partial charge in [0.25, 0.3) is 0 Å². The Labute approximate surface area is 134 Å². The maximum Gasteiger partial charge on any atom is 0.0590 e. The van der Waals surface area contributed by atoms with Gasteiger partial charge >= 0.3 is 0 Å². The highest BCUT2D eigenvalue weighted by Gasteiger charge is 2.29. The van der Waals surface area contributed by atoms with Crippen LogP contribution in [0.15, 0.2) is 53.3 Å². The van der Waals surface area contributed by atoms with Crippen LogP contribution in [0.1, 0.15) is 18.9 Å². The summed E-state index contributed by atoms with van der Waals surface area (Å²) in [6.07, 6.45) is 4.83. The molecule has 1 aliphatic rings. The molecule has 1 fully saturated rings. The number of anilines is 1. The lowest BCUT2D eigenvalue weighted by Gasteiger charge is -2.21. The summed E-state index contributed by atoms with van der Waals surface area (Å²) in [6, 6.07) is 13.8. The van der Waals surface area contributed by atoms with E-state index >= 15 is 0 Å². The van der Waals surface area contributed by atoms with E-state index in [1.54, 1.807) is 0 Å². The minimum Gasteiger partial charge on any atom is -0.380 e. The first-order chi connectivity index (χ1) is 10.2. The van der Waals surface area contributed by atoms with Crippen molar-refractivity contribution in [2.45, 2.75) is 32.0 Å². The van der Waals surface area contributed by atoms with Gasteiger partial charge in [-0.05, 0) is 40.9 Å². The van der Waals surface area contributed by atoms with Crippen LogP contribution >= 0.6 is 15.9 Å². The van der Waals surface area contributed by atoms with Gasteiger partial charge in [-0.2, -0.15) is 0 Å². The molecule has 2 atom stereocenters. The second-order valence-corrected chi connectivity index (χ2v) is 6.55. The van der Waals surface area contributed by atoms with Crippen LogP contribution < -0.4 is 5.32 Å². The second kappa shape index (κ2) is 6.58. The molecule has 1 N–H and O–H groups in total. The smallest absolute Gasteiger partial charge is 0.0590 e. The minimum absolute atomic E-state index is 0.488. The molecule has 0 spiro atoms. The van der Waals surface area contributed by atoms with Crippen molar-refractivity contribution in [2.75, 3.05) is 11.9 Å². The van der Waals surface area contributed by atoms with Crippen LogP contribution in [0.5, 0.6) is 0 Å². The number of nitrogens with zero attached hydrogens (tertiary/aromatic N) is 2. The van der Waals surface area contributed by atoms with E-state index in [2.05, 4.69) is 68.4 Å². The van der Waals surface area contributed by atoms with Gasteiger partial charge in [-0.15, -0.1) is 0 Å². The number of pyridine rings is 1. The summed E-state index contributed by atoms with van der Waals surface area (Å²) in [6.45, 7) is 4.41. The Morgan fingerprint density at radius 3 is 2.86 bits per heavy atom. The van der Waals surface area contributed by atoms with E-state index in [-0.39, 0.29) is 0 Å². The third kappa shape index (κ3) is 3.63. The molecule has 0 aliphatic carbocycles. The Morgan fingerprint density at radius 2 is 2.10 bits per heavy atom. The molecule has 0 amide bonds. The van der Waals surface area contributed by atoms with Crippen molar-refractivity contribution in [3.8, 4) is 0 Å². The Balaban J connectivity index is 1.62. The normalized spacial score (nSPS) is 22.4. The average Bonchev–Trinajstić information content (AvgIpc) is 2.82. The van der Waals surface area contributed by atoms with Gasteiger partial charge in [-0.1, -0.05) is 30.3 Å². The fourth-order valence-electron chi connectivity index (χ4n) is 2.95. The Hall–Kier alpha value is -1.39. The molecular weight excluding hydrogens is 326 g/mol. The molecule has 21 heavy (non-hydrogen) atoms. The first-order valence-corrected chi connectivity index (χ1v) is 8.15. The van der Waals surface area contributed by atoms with E-state index in [0.717, 1.165) is 23.2 Å². The van der Waals surface area contributed by atoms with Crippen LogP contribution in [0, 0.1) is 0 Å². The van der Waals surface area contributed by atoms with E-state index in [9.17, 15) is 0 Å². The zero-order valence-corrected chi connectivity index (χ0v) is 13.8. The SMILES string of the molecule is CC1CC(Nc2ccncc2Br)CN1Cc1ccccc1. The first kappa shape index (κ1) is 14.5. The molecule has 2 heterocycles. The van der Waals surface area contributed by atoms with Gasteiger partial charge in [0.05, 0.1) is 10.2 Å². The van der Waals surface area contributed by atoms with Crippen LogP contribution in [0.4, 0.5) is 5.69 Å². The summed E-state index contributed by atoms with van der Waals surface area (Å²) in [5.41, 5.74) is 2.51. The highest BCUT2D eigenvalue weighted by Crippen LogP contribution is 2.26. The van der Waals surface area contributed by atoms with Crippen molar-refractivity contribution in [1.82, 2.24) is 9.88 Å². The van der Waals surface area contributed by atoms with Gasteiger partial charge in [-0.3, -0.25) is 9.88 Å². The van der Waals surface area contributed by atoms with E-state index in [0.29, 0.717) is 12.1 Å². The van der Waals surface area contributed by atoms with Crippen molar-refractivity contribution in [3.05, 3.63) is 58.8 Å². The van der Waals surface area contributed by atoms with E-state index < -0.39 is 0 Å². The predicted molar refractivity (Wildman–Crippen MR) is 90.3 cm³/mol. The molecule has 0 radical (unpaired) electrons. The highest BCUT2D eigenvalue weighted by atomic mass is 79.9. The van der Waals surface area contributed by atoms with Gasteiger partial charge in [0.1, 0.15) is 0 Å². The molecule has 3 nitrogen and oxygen atoms in total. The number of hydrogen-bond acceptors (Lipinski definition) is 3. The average molecular weight is 346 g/mol. The molecule has 1 saturated heterocycles. The zero-order chi connectivity index (χ0) is 14.7. The van der Waals surface area contributed by atoms with E-state index in [1.807, 2.05) is 18.5 Å². The summed E-state index contributed by atoms with van der Waals surface area (Å²) >= 11 is 3.55. The third-order valence-corrected chi connectivity index (χ3v) is 4.70. The standard InChI is InChI=1S/C17H20BrN3/c1-13-9-15(20-17-7-8-19-10-16(17)18)12-21(13)11-14-5-3-2-4-6-14/h2-8,10,13,15H,9,11-12H2,1H3,(H,19,20). The highest BCUT2D eigenvalue weighted by molar-refractivity contribution is 9.10. The van der Waals surface area contributed by atoms with Crippen molar-refractivity contribution in [2.24, 2.45) is 0 Å². The molecule has 3 rings (SSSR count). The van der Waals surface area contributed by atoms with Gasteiger partial charge in [0.2, 0.25) is 0 Å². The fraction of sp³-hybridized carbons (Fsp3) is 0.353. The molecule has 110 valence electrons. The quantitative estimate of drug-likeness (QED) is 0.910. The van der Waals surface area contributed by atoms with Crippen molar-refractivity contribution >= 4 is 21.6 Å². The van der Waals surface area contributed by atoms with Crippen LogP contribution in [-0.4, -0.2) is 28.5 Å². The van der Waals surface area contributed by atoms with Gasteiger partial charge < -0.3 is 5.32 Å². The number of aromatic nitrogens is 1. The molecule has 0 bridgehead atoms. The second-order valence-electron chi connectivity index (χ2n) is 5.70. The topological polar surface area (TPSA) is 28.2 Å². The summed E-state index contributed by atoms with van der Waals surface area (Å²) in [5, 5.41) is 3.63. The van der Waals surface area contributed by atoms with Crippen LogP contribution in [0.25, 0.3) is 0 Å². The fourth-order valence-corrected chi connectivity index (χ4v) is 3.32. The zero-order valence-electron chi connectivity index (χ0n) is 12.2. The number of rotatable bonds is 4.